The lowest BCUT2D eigenvalue weighted by molar-refractivity contribution is 0.0682. The lowest BCUT2D eigenvalue weighted by Gasteiger charge is -2.26. The number of hydrogen-bond acceptors (Lipinski definition) is 2. The normalized spacial score (nSPS) is 20.4. The van der Waals surface area contributed by atoms with Crippen molar-refractivity contribution < 1.29 is 9.90 Å². The fraction of sp³-hybridized carbons (Fsp3) is 0.588. The third-order valence-corrected chi connectivity index (χ3v) is 4.08. The lowest BCUT2D eigenvalue weighted by atomic mass is 10.0. The van der Waals surface area contributed by atoms with Gasteiger partial charge in [-0.1, -0.05) is 26.0 Å². The molecule has 1 amide bonds. The van der Waals surface area contributed by atoms with Crippen molar-refractivity contribution in [1.82, 2.24) is 4.90 Å². The van der Waals surface area contributed by atoms with Gasteiger partial charge >= 0.3 is 0 Å². The van der Waals surface area contributed by atoms with Crippen molar-refractivity contribution in [2.75, 3.05) is 6.54 Å². The molecule has 1 aromatic rings. The van der Waals surface area contributed by atoms with Crippen molar-refractivity contribution in [3.8, 4) is 0 Å². The summed E-state index contributed by atoms with van der Waals surface area (Å²) in [7, 11) is 0. The zero-order chi connectivity index (χ0) is 14.7. The number of aliphatic hydroxyl groups is 1. The molecule has 1 fully saturated rings. The summed E-state index contributed by atoms with van der Waals surface area (Å²) in [6.45, 7) is 6.90. The topological polar surface area (TPSA) is 40.5 Å². The molecule has 110 valence electrons. The number of benzene rings is 1. The molecule has 0 aromatic heterocycles. The Morgan fingerprint density at radius 3 is 2.50 bits per heavy atom. The molecule has 3 nitrogen and oxygen atoms in total. The molecule has 0 aliphatic carbocycles. The van der Waals surface area contributed by atoms with Gasteiger partial charge in [-0.2, -0.15) is 0 Å². The first-order chi connectivity index (χ1) is 9.49. The first-order valence-corrected chi connectivity index (χ1v) is 7.58. The van der Waals surface area contributed by atoms with E-state index in [0.29, 0.717) is 12.3 Å². The highest BCUT2D eigenvalue weighted by atomic mass is 16.3. The third kappa shape index (κ3) is 3.40. The Bertz CT molecular complexity index is 451. The van der Waals surface area contributed by atoms with Crippen LogP contribution >= 0.6 is 0 Å². The maximum absolute atomic E-state index is 12.6. The maximum Gasteiger partial charge on any atom is 0.254 e. The highest BCUT2D eigenvalue weighted by Gasteiger charge is 2.30. The molecule has 0 radical (unpaired) electrons. The standard InChI is InChI=1S/C17H25NO2/c1-12(2)14-6-8-15(9-7-14)17(20)18-10-4-5-16(18)11-13(3)19/h6-9,12-13,16,19H,4-5,10-11H2,1-3H3. The second kappa shape index (κ2) is 6.40. The maximum atomic E-state index is 12.6. The van der Waals surface area contributed by atoms with Crippen LogP contribution in [0.5, 0.6) is 0 Å². The van der Waals surface area contributed by atoms with Crippen LogP contribution in [0.2, 0.25) is 0 Å². The number of nitrogens with zero attached hydrogens (tertiary/aromatic N) is 1. The Kier molecular flexibility index (Phi) is 4.81. The van der Waals surface area contributed by atoms with Gasteiger partial charge in [-0.05, 0) is 49.8 Å². The largest absolute Gasteiger partial charge is 0.393 e. The molecule has 1 aromatic carbocycles. The second-order valence-corrected chi connectivity index (χ2v) is 6.16. The minimum absolute atomic E-state index is 0.100. The zero-order valence-corrected chi connectivity index (χ0v) is 12.7. The van der Waals surface area contributed by atoms with E-state index in [1.54, 1.807) is 6.92 Å². The van der Waals surface area contributed by atoms with Crippen LogP contribution < -0.4 is 0 Å². The highest BCUT2D eigenvalue weighted by Crippen LogP contribution is 2.24. The van der Waals surface area contributed by atoms with Gasteiger partial charge in [0.2, 0.25) is 0 Å². The predicted molar refractivity (Wildman–Crippen MR) is 80.9 cm³/mol. The average Bonchev–Trinajstić information content (AvgIpc) is 2.85. The van der Waals surface area contributed by atoms with E-state index >= 15 is 0 Å². The van der Waals surface area contributed by atoms with Gasteiger partial charge in [0, 0.05) is 18.2 Å². The van der Waals surface area contributed by atoms with Gasteiger partial charge < -0.3 is 10.0 Å². The van der Waals surface area contributed by atoms with Crippen LogP contribution in [0, 0.1) is 0 Å². The number of carbonyl (C=O) groups excluding carboxylic acids is 1. The smallest absolute Gasteiger partial charge is 0.254 e. The highest BCUT2D eigenvalue weighted by molar-refractivity contribution is 5.94. The zero-order valence-electron chi connectivity index (χ0n) is 12.7. The molecule has 1 N–H and O–H groups in total. The summed E-state index contributed by atoms with van der Waals surface area (Å²) >= 11 is 0. The molecule has 0 saturated carbocycles. The molecular weight excluding hydrogens is 250 g/mol. The van der Waals surface area contributed by atoms with Gasteiger partial charge in [-0.15, -0.1) is 0 Å². The fourth-order valence-corrected chi connectivity index (χ4v) is 2.92. The van der Waals surface area contributed by atoms with Gasteiger partial charge in [-0.25, -0.2) is 0 Å². The average molecular weight is 275 g/mol. The summed E-state index contributed by atoms with van der Waals surface area (Å²) in [5.74, 6) is 0.581. The van der Waals surface area contributed by atoms with Crippen molar-refractivity contribution in [3.05, 3.63) is 35.4 Å². The van der Waals surface area contributed by atoms with Crippen LogP contribution in [0.25, 0.3) is 0 Å². The minimum atomic E-state index is -0.350. The number of hydrogen-bond donors (Lipinski definition) is 1. The summed E-state index contributed by atoms with van der Waals surface area (Å²) in [4.78, 5) is 14.5. The molecule has 2 rings (SSSR count). The van der Waals surface area contributed by atoms with Crippen LogP contribution in [0.3, 0.4) is 0 Å². The quantitative estimate of drug-likeness (QED) is 0.916. The van der Waals surface area contributed by atoms with Gasteiger partial charge in [0.25, 0.3) is 5.91 Å². The predicted octanol–water partition coefficient (Wildman–Crippen LogP) is 3.19. The molecule has 1 aliphatic heterocycles. The summed E-state index contributed by atoms with van der Waals surface area (Å²) in [5, 5.41) is 9.54. The Labute approximate surface area is 121 Å². The van der Waals surface area contributed by atoms with Crippen LogP contribution in [-0.2, 0) is 0 Å². The van der Waals surface area contributed by atoms with Gasteiger partial charge in [-0.3, -0.25) is 4.79 Å². The lowest BCUT2D eigenvalue weighted by Crippen LogP contribution is -2.37. The number of aliphatic hydroxyl groups excluding tert-OH is 1. The van der Waals surface area contributed by atoms with Crippen LogP contribution in [0.4, 0.5) is 0 Å². The summed E-state index contributed by atoms with van der Waals surface area (Å²) < 4.78 is 0. The number of likely N-dealkylation sites (tertiary alicyclic amines) is 1. The number of carbonyl (C=O) groups is 1. The number of rotatable bonds is 4. The summed E-state index contributed by atoms with van der Waals surface area (Å²) in [6.07, 6.45) is 2.36. The molecule has 3 heteroatoms. The minimum Gasteiger partial charge on any atom is -0.393 e. The van der Waals surface area contributed by atoms with Crippen LogP contribution in [0.15, 0.2) is 24.3 Å². The van der Waals surface area contributed by atoms with Gasteiger partial charge in [0.15, 0.2) is 0 Å². The van der Waals surface area contributed by atoms with Gasteiger partial charge in [0.05, 0.1) is 6.10 Å². The summed E-state index contributed by atoms with van der Waals surface area (Å²) in [6, 6.07) is 8.12. The SMILES string of the molecule is CC(O)CC1CCCN1C(=O)c1ccc(C(C)C)cc1. The Morgan fingerprint density at radius 1 is 1.30 bits per heavy atom. The monoisotopic (exact) mass is 275 g/mol. The third-order valence-electron chi connectivity index (χ3n) is 4.08. The molecular formula is C17H25NO2. The molecule has 1 aliphatic rings. The van der Waals surface area contributed by atoms with E-state index in [4.69, 9.17) is 0 Å². The van der Waals surface area contributed by atoms with E-state index in [0.717, 1.165) is 24.9 Å². The van der Waals surface area contributed by atoms with E-state index in [1.807, 2.05) is 29.2 Å². The first kappa shape index (κ1) is 15.0. The van der Waals surface area contributed by atoms with E-state index in [1.165, 1.54) is 5.56 Å². The van der Waals surface area contributed by atoms with E-state index < -0.39 is 0 Å². The van der Waals surface area contributed by atoms with Crippen molar-refractivity contribution in [3.63, 3.8) is 0 Å². The van der Waals surface area contributed by atoms with Crippen molar-refractivity contribution in [2.45, 2.75) is 58.1 Å². The van der Waals surface area contributed by atoms with Crippen molar-refractivity contribution >= 4 is 5.91 Å². The molecule has 1 heterocycles. The Balaban J connectivity index is 2.09. The second-order valence-electron chi connectivity index (χ2n) is 6.16. The Morgan fingerprint density at radius 2 is 1.95 bits per heavy atom. The molecule has 2 atom stereocenters. The van der Waals surface area contributed by atoms with E-state index in [2.05, 4.69) is 13.8 Å². The van der Waals surface area contributed by atoms with E-state index in [-0.39, 0.29) is 18.1 Å². The van der Waals surface area contributed by atoms with E-state index in [9.17, 15) is 9.90 Å². The number of amides is 1. The summed E-state index contributed by atoms with van der Waals surface area (Å²) in [5.41, 5.74) is 2.01. The molecule has 1 saturated heterocycles. The van der Waals surface area contributed by atoms with Crippen LogP contribution in [0.1, 0.15) is 61.9 Å². The van der Waals surface area contributed by atoms with Crippen LogP contribution in [-0.4, -0.2) is 34.6 Å². The van der Waals surface area contributed by atoms with Crippen molar-refractivity contribution in [1.29, 1.82) is 0 Å². The Hall–Kier alpha value is -1.35. The fourth-order valence-electron chi connectivity index (χ4n) is 2.92. The molecule has 0 spiro atoms. The van der Waals surface area contributed by atoms with Crippen molar-refractivity contribution in [2.24, 2.45) is 0 Å². The molecule has 0 bridgehead atoms. The first-order valence-electron chi connectivity index (χ1n) is 7.58. The van der Waals surface area contributed by atoms with Gasteiger partial charge in [0.1, 0.15) is 0 Å². The molecule has 2 unspecified atom stereocenters. The molecule has 20 heavy (non-hydrogen) atoms.